The lowest BCUT2D eigenvalue weighted by Crippen LogP contribution is -2.39. The summed E-state index contributed by atoms with van der Waals surface area (Å²) < 4.78 is 0. The summed E-state index contributed by atoms with van der Waals surface area (Å²) in [7, 11) is -1.46. The molecule has 2 fully saturated rings. The highest BCUT2D eigenvalue weighted by molar-refractivity contribution is 7.74. The minimum absolute atomic E-state index is 0.0192. The lowest BCUT2D eigenvalue weighted by atomic mass is 10.2. The Hall–Kier alpha value is -4.18. The number of rotatable bonds is 12. The quantitative estimate of drug-likeness (QED) is 0.157. The topological polar surface area (TPSA) is 84.0 Å². The standard InChI is InChI=1S/C38H38N2O5P2/c41-35(22-13-23-38(44)45-40-36(42)24-25-37(40)43)39-27-34(47(32-18-9-3-10-19-32)33-20-11-4-12-21-33)26-29(39)28-46(30-14-5-1-6-15-30)31-16-7-2-8-17-31/h1-12,14-21,29,34H,13,22-28H2. The molecule has 47 heavy (non-hydrogen) atoms. The number of hydrogen-bond donors (Lipinski definition) is 0. The van der Waals surface area contributed by atoms with E-state index < -0.39 is 33.6 Å². The van der Waals surface area contributed by atoms with E-state index in [9.17, 15) is 19.2 Å². The van der Waals surface area contributed by atoms with Crippen molar-refractivity contribution < 1.29 is 24.0 Å². The van der Waals surface area contributed by atoms with Crippen LogP contribution in [0.3, 0.4) is 0 Å². The van der Waals surface area contributed by atoms with E-state index in [1.165, 1.54) is 21.2 Å². The lowest BCUT2D eigenvalue weighted by Gasteiger charge is -2.29. The fourth-order valence-electron chi connectivity index (χ4n) is 6.42. The lowest BCUT2D eigenvalue weighted by molar-refractivity contribution is -0.197. The van der Waals surface area contributed by atoms with Gasteiger partial charge in [-0.25, -0.2) is 4.79 Å². The van der Waals surface area contributed by atoms with Crippen LogP contribution in [0.25, 0.3) is 0 Å². The molecule has 0 spiro atoms. The number of carbonyl (C=O) groups is 4. The summed E-state index contributed by atoms with van der Waals surface area (Å²) in [5, 5.41) is 5.73. The Kier molecular flexibility index (Phi) is 10.9. The zero-order valence-corrected chi connectivity index (χ0v) is 28.0. The van der Waals surface area contributed by atoms with Crippen molar-refractivity contribution in [3.63, 3.8) is 0 Å². The van der Waals surface area contributed by atoms with Gasteiger partial charge in [0.15, 0.2) is 0 Å². The molecule has 2 saturated heterocycles. The Labute approximate surface area is 278 Å². The van der Waals surface area contributed by atoms with Gasteiger partial charge < -0.3 is 9.74 Å². The fraction of sp³-hybridized carbons (Fsp3) is 0.263. The van der Waals surface area contributed by atoms with Gasteiger partial charge in [-0.2, -0.15) is 0 Å². The van der Waals surface area contributed by atoms with E-state index >= 15 is 0 Å². The number of nitrogens with zero attached hydrogens (tertiary/aromatic N) is 2. The van der Waals surface area contributed by atoms with Crippen molar-refractivity contribution in [3.05, 3.63) is 121 Å². The van der Waals surface area contributed by atoms with E-state index in [0.717, 1.165) is 12.6 Å². The predicted octanol–water partition coefficient (Wildman–Crippen LogP) is 5.00. The van der Waals surface area contributed by atoms with E-state index in [1.54, 1.807) is 0 Å². The number of hydrogen-bond acceptors (Lipinski definition) is 5. The molecule has 240 valence electrons. The summed E-state index contributed by atoms with van der Waals surface area (Å²) in [6.45, 7) is 0.646. The Bertz CT molecular complexity index is 1580. The van der Waals surface area contributed by atoms with Crippen LogP contribution < -0.4 is 21.2 Å². The largest absolute Gasteiger partial charge is 0.339 e. The molecule has 0 bridgehead atoms. The van der Waals surface area contributed by atoms with Crippen molar-refractivity contribution in [1.29, 1.82) is 0 Å². The third kappa shape index (κ3) is 8.04. The first-order valence-electron chi connectivity index (χ1n) is 16.1. The normalized spacial score (nSPS) is 17.9. The van der Waals surface area contributed by atoms with Gasteiger partial charge in [-0.1, -0.05) is 121 Å². The molecule has 6 rings (SSSR count). The molecular formula is C38H38N2O5P2. The second-order valence-electron chi connectivity index (χ2n) is 11.8. The molecule has 2 aliphatic heterocycles. The Morgan fingerprint density at radius 1 is 0.660 bits per heavy atom. The van der Waals surface area contributed by atoms with Crippen LogP contribution in [0, 0.1) is 0 Å². The molecule has 0 aliphatic carbocycles. The second kappa shape index (κ2) is 15.6. The molecule has 0 radical (unpaired) electrons. The summed E-state index contributed by atoms with van der Waals surface area (Å²) in [4.78, 5) is 57.4. The van der Waals surface area contributed by atoms with Gasteiger partial charge in [0.05, 0.1) is 0 Å². The van der Waals surface area contributed by atoms with Crippen molar-refractivity contribution in [1.82, 2.24) is 9.96 Å². The number of likely N-dealkylation sites (tertiary alicyclic amines) is 1. The first-order valence-corrected chi connectivity index (χ1v) is 19.0. The number of benzene rings is 4. The van der Waals surface area contributed by atoms with Gasteiger partial charge in [0, 0.05) is 43.9 Å². The third-order valence-electron chi connectivity index (χ3n) is 8.65. The van der Waals surface area contributed by atoms with Gasteiger partial charge in [0.25, 0.3) is 11.8 Å². The van der Waals surface area contributed by atoms with Crippen LogP contribution >= 0.6 is 15.8 Å². The van der Waals surface area contributed by atoms with E-state index in [1.807, 2.05) is 24.3 Å². The molecule has 9 heteroatoms. The second-order valence-corrected chi connectivity index (χ2v) is 16.6. The zero-order chi connectivity index (χ0) is 32.6. The number of hydroxylamine groups is 2. The summed E-state index contributed by atoms with van der Waals surface area (Å²) in [6, 6.07) is 42.5. The van der Waals surface area contributed by atoms with Crippen molar-refractivity contribution in [2.45, 2.75) is 50.2 Å². The predicted molar refractivity (Wildman–Crippen MR) is 188 cm³/mol. The van der Waals surface area contributed by atoms with Gasteiger partial charge in [0.1, 0.15) is 0 Å². The van der Waals surface area contributed by atoms with E-state index in [4.69, 9.17) is 4.84 Å². The van der Waals surface area contributed by atoms with E-state index in [0.29, 0.717) is 11.6 Å². The molecule has 0 saturated carbocycles. The number of amides is 3. The van der Waals surface area contributed by atoms with Crippen LogP contribution in [0.5, 0.6) is 0 Å². The van der Waals surface area contributed by atoms with Crippen LogP contribution in [-0.4, -0.2) is 58.1 Å². The molecule has 2 aliphatic rings. The van der Waals surface area contributed by atoms with Crippen molar-refractivity contribution >= 4 is 60.8 Å². The zero-order valence-electron chi connectivity index (χ0n) is 26.2. The molecule has 0 aromatic heterocycles. The molecule has 2 atom stereocenters. The minimum atomic E-state index is -0.734. The molecular weight excluding hydrogens is 626 g/mol. The molecule has 2 heterocycles. The van der Waals surface area contributed by atoms with Crippen LogP contribution in [-0.2, 0) is 24.0 Å². The highest BCUT2D eigenvalue weighted by atomic mass is 31.1. The molecule has 2 unspecified atom stereocenters. The van der Waals surface area contributed by atoms with Crippen LogP contribution in [0.1, 0.15) is 38.5 Å². The number of carbonyl (C=O) groups excluding carboxylic acids is 4. The molecule has 4 aromatic carbocycles. The SMILES string of the molecule is O=C(CCCC(=O)N1CC(P(c2ccccc2)c2ccccc2)CC1CP(c1ccccc1)c1ccccc1)ON1C(=O)CCC1=O. The summed E-state index contributed by atoms with van der Waals surface area (Å²) in [5.41, 5.74) is 0.268. The van der Waals surface area contributed by atoms with Gasteiger partial charge >= 0.3 is 5.97 Å². The molecule has 7 nitrogen and oxygen atoms in total. The first-order chi connectivity index (χ1) is 23.0. The third-order valence-corrected chi connectivity index (χ3v) is 14.1. The van der Waals surface area contributed by atoms with E-state index in [-0.39, 0.29) is 49.7 Å². The molecule has 0 N–H and O–H groups in total. The van der Waals surface area contributed by atoms with Crippen LogP contribution in [0.2, 0.25) is 0 Å². The molecule has 3 amide bonds. The van der Waals surface area contributed by atoms with Gasteiger partial charge in [0.2, 0.25) is 5.91 Å². The van der Waals surface area contributed by atoms with Crippen molar-refractivity contribution in [2.24, 2.45) is 0 Å². The maximum Gasteiger partial charge on any atom is 0.333 e. The Balaban J connectivity index is 1.24. The van der Waals surface area contributed by atoms with Crippen molar-refractivity contribution in [2.75, 3.05) is 12.7 Å². The van der Waals surface area contributed by atoms with Gasteiger partial charge in [-0.15, -0.1) is 5.06 Å². The fourth-order valence-corrected chi connectivity index (χ4v) is 11.9. The summed E-state index contributed by atoms with van der Waals surface area (Å²) in [5.74, 6) is -1.67. The van der Waals surface area contributed by atoms with Crippen molar-refractivity contribution in [3.8, 4) is 0 Å². The average molecular weight is 665 g/mol. The maximum atomic E-state index is 14.1. The average Bonchev–Trinajstić information content (AvgIpc) is 3.67. The highest BCUT2D eigenvalue weighted by Crippen LogP contribution is 2.48. The maximum absolute atomic E-state index is 14.1. The highest BCUT2D eigenvalue weighted by Gasteiger charge is 2.41. The summed E-state index contributed by atoms with van der Waals surface area (Å²) in [6.07, 6.45) is 2.24. The summed E-state index contributed by atoms with van der Waals surface area (Å²) >= 11 is 0. The molecule has 4 aromatic rings. The monoisotopic (exact) mass is 664 g/mol. The van der Waals surface area contributed by atoms with Gasteiger partial charge in [-0.05, 0) is 56.1 Å². The Morgan fingerprint density at radius 3 is 1.62 bits per heavy atom. The first kappa shape index (κ1) is 32.7. The minimum Gasteiger partial charge on any atom is -0.339 e. The number of imide groups is 1. The smallest absolute Gasteiger partial charge is 0.333 e. The van der Waals surface area contributed by atoms with Crippen LogP contribution in [0.15, 0.2) is 121 Å². The van der Waals surface area contributed by atoms with Gasteiger partial charge in [-0.3, -0.25) is 14.4 Å². The Morgan fingerprint density at radius 2 is 1.13 bits per heavy atom. The van der Waals surface area contributed by atoms with Crippen LogP contribution in [0.4, 0.5) is 0 Å². The van der Waals surface area contributed by atoms with E-state index in [2.05, 4.69) is 102 Å².